The fraction of sp³-hybridized carbons (Fsp3) is 0.0645. The largest absolute Gasteiger partial charge is 0.497 e. The molecule has 0 bridgehead atoms. The summed E-state index contributed by atoms with van der Waals surface area (Å²) in [5.74, 6) is 0.498. The number of hydrogen-bond donors (Lipinski definition) is 1. The van der Waals surface area contributed by atoms with E-state index in [0.717, 1.165) is 27.8 Å². The minimum Gasteiger partial charge on any atom is -0.497 e. The van der Waals surface area contributed by atoms with Crippen molar-refractivity contribution in [3.63, 3.8) is 0 Å². The molecular weight excluding hydrogens is 464 g/mol. The van der Waals surface area contributed by atoms with Crippen molar-refractivity contribution in [2.45, 2.75) is 6.61 Å². The molecular formula is C31H24N2O4. The molecule has 0 unspecified atom stereocenters. The van der Waals surface area contributed by atoms with Gasteiger partial charge in [0.2, 0.25) is 0 Å². The van der Waals surface area contributed by atoms with Gasteiger partial charge in [0.05, 0.1) is 18.2 Å². The molecule has 6 heteroatoms. The van der Waals surface area contributed by atoms with Crippen LogP contribution < -0.4 is 10.1 Å². The second-order valence-electron chi connectivity index (χ2n) is 8.39. The van der Waals surface area contributed by atoms with E-state index < -0.39 is 5.97 Å². The number of fused-ring (bicyclic) bond motifs is 1. The molecule has 1 N–H and O–H groups in total. The van der Waals surface area contributed by atoms with E-state index in [4.69, 9.17) is 9.47 Å². The van der Waals surface area contributed by atoms with Crippen molar-refractivity contribution in [2.24, 2.45) is 0 Å². The highest BCUT2D eigenvalue weighted by Gasteiger charge is 2.14. The van der Waals surface area contributed by atoms with Crippen molar-refractivity contribution < 1.29 is 19.1 Å². The van der Waals surface area contributed by atoms with Crippen LogP contribution in [0.3, 0.4) is 0 Å². The highest BCUT2D eigenvalue weighted by molar-refractivity contribution is 6.08. The summed E-state index contributed by atoms with van der Waals surface area (Å²) in [5, 5.41) is 3.66. The minimum atomic E-state index is -0.404. The first-order valence-corrected chi connectivity index (χ1v) is 11.8. The van der Waals surface area contributed by atoms with Gasteiger partial charge in [0, 0.05) is 10.9 Å². The fourth-order valence-electron chi connectivity index (χ4n) is 4.02. The molecule has 0 aliphatic rings. The monoisotopic (exact) mass is 488 g/mol. The van der Waals surface area contributed by atoms with Crippen LogP contribution in [0, 0.1) is 0 Å². The second-order valence-corrected chi connectivity index (χ2v) is 8.39. The third kappa shape index (κ3) is 5.49. The minimum absolute atomic E-state index is 0.207. The maximum Gasteiger partial charge on any atom is 0.338 e. The van der Waals surface area contributed by atoms with Gasteiger partial charge in [0.15, 0.2) is 0 Å². The summed E-state index contributed by atoms with van der Waals surface area (Å²) in [7, 11) is 1.62. The Morgan fingerprint density at radius 3 is 2.35 bits per heavy atom. The van der Waals surface area contributed by atoms with Crippen LogP contribution in [0.1, 0.15) is 26.3 Å². The van der Waals surface area contributed by atoms with Crippen molar-refractivity contribution in [3.05, 3.63) is 126 Å². The van der Waals surface area contributed by atoms with Gasteiger partial charge in [-0.05, 0) is 65.2 Å². The number of aromatic nitrogens is 1. The second kappa shape index (κ2) is 10.7. The molecule has 5 rings (SSSR count). The summed E-state index contributed by atoms with van der Waals surface area (Å²) in [6.45, 7) is 0.207. The lowest BCUT2D eigenvalue weighted by molar-refractivity contribution is 0.0473. The normalized spacial score (nSPS) is 10.6. The lowest BCUT2D eigenvalue weighted by atomic mass is 9.99. The average molecular weight is 489 g/mol. The molecule has 0 aliphatic heterocycles. The summed E-state index contributed by atoms with van der Waals surface area (Å²) in [5.41, 5.74) is 4.27. The summed E-state index contributed by atoms with van der Waals surface area (Å²) >= 11 is 0. The molecule has 0 fully saturated rings. The van der Waals surface area contributed by atoms with Crippen LogP contribution in [0.25, 0.3) is 22.0 Å². The number of carbonyl (C=O) groups excluding carboxylic acids is 2. The molecule has 182 valence electrons. The van der Waals surface area contributed by atoms with Crippen LogP contribution in [0.4, 0.5) is 5.82 Å². The molecule has 0 spiro atoms. The number of anilines is 1. The standard InChI is InChI=1S/C31H24N2O4/c1-36-25-15-11-22(12-16-25)26-9-5-6-10-27(26)30(34)33-29-18-14-23-19-24(13-17-28(23)32-29)31(35)37-20-21-7-3-2-4-8-21/h2-19H,20H2,1H3,(H,32,33,34). The van der Waals surface area contributed by atoms with Gasteiger partial charge in [-0.3, -0.25) is 4.79 Å². The average Bonchev–Trinajstić information content (AvgIpc) is 2.96. The smallest absolute Gasteiger partial charge is 0.338 e. The number of nitrogens with zero attached hydrogens (tertiary/aromatic N) is 1. The van der Waals surface area contributed by atoms with Gasteiger partial charge in [-0.1, -0.05) is 60.7 Å². The third-order valence-electron chi connectivity index (χ3n) is 5.95. The number of amides is 1. The molecule has 0 saturated heterocycles. The number of methoxy groups -OCH3 is 1. The lowest BCUT2D eigenvalue weighted by Crippen LogP contribution is -2.14. The summed E-state index contributed by atoms with van der Waals surface area (Å²) in [6.07, 6.45) is 0. The number of pyridine rings is 1. The summed E-state index contributed by atoms with van der Waals surface area (Å²) < 4.78 is 10.7. The Bertz CT molecular complexity index is 1560. The zero-order chi connectivity index (χ0) is 25.6. The summed E-state index contributed by atoms with van der Waals surface area (Å²) in [6, 6.07) is 33.2. The molecule has 1 aromatic heterocycles. The van der Waals surface area contributed by atoms with E-state index in [1.165, 1.54) is 0 Å². The molecule has 1 amide bonds. The van der Waals surface area contributed by atoms with Crippen LogP contribution in [-0.2, 0) is 11.3 Å². The Morgan fingerprint density at radius 1 is 0.811 bits per heavy atom. The number of esters is 1. The van der Waals surface area contributed by atoms with E-state index >= 15 is 0 Å². The maximum atomic E-state index is 13.2. The van der Waals surface area contributed by atoms with E-state index in [1.54, 1.807) is 37.4 Å². The van der Waals surface area contributed by atoms with Gasteiger partial charge in [-0.25, -0.2) is 9.78 Å². The van der Waals surface area contributed by atoms with Gasteiger partial charge in [-0.2, -0.15) is 0 Å². The van der Waals surface area contributed by atoms with Gasteiger partial charge in [-0.15, -0.1) is 0 Å². The Hall–Kier alpha value is -4.97. The van der Waals surface area contributed by atoms with Crippen LogP contribution in [0.15, 0.2) is 109 Å². The van der Waals surface area contributed by atoms with Crippen LogP contribution in [0.5, 0.6) is 5.75 Å². The molecule has 0 radical (unpaired) electrons. The van der Waals surface area contributed by atoms with Crippen molar-refractivity contribution in [2.75, 3.05) is 12.4 Å². The van der Waals surface area contributed by atoms with Crippen molar-refractivity contribution in [1.82, 2.24) is 4.98 Å². The predicted octanol–water partition coefficient (Wildman–Crippen LogP) is 6.52. The van der Waals surface area contributed by atoms with E-state index in [9.17, 15) is 9.59 Å². The topological polar surface area (TPSA) is 77.5 Å². The highest BCUT2D eigenvalue weighted by atomic mass is 16.5. The Labute approximate surface area is 214 Å². The molecule has 0 saturated carbocycles. The van der Waals surface area contributed by atoms with E-state index in [1.807, 2.05) is 78.9 Å². The van der Waals surface area contributed by atoms with Crippen LogP contribution in [-0.4, -0.2) is 24.0 Å². The Morgan fingerprint density at radius 2 is 1.57 bits per heavy atom. The SMILES string of the molecule is COc1ccc(-c2ccccc2C(=O)Nc2ccc3cc(C(=O)OCc4ccccc4)ccc3n2)cc1. The molecule has 0 atom stereocenters. The van der Waals surface area contributed by atoms with E-state index in [-0.39, 0.29) is 12.5 Å². The van der Waals surface area contributed by atoms with Crippen molar-refractivity contribution in [3.8, 4) is 16.9 Å². The first-order valence-electron chi connectivity index (χ1n) is 11.8. The van der Waals surface area contributed by atoms with Gasteiger partial charge < -0.3 is 14.8 Å². The van der Waals surface area contributed by atoms with Gasteiger partial charge in [0.25, 0.3) is 5.91 Å². The zero-order valence-corrected chi connectivity index (χ0v) is 20.2. The number of nitrogens with one attached hydrogen (secondary N) is 1. The lowest BCUT2D eigenvalue weighted by Gasteiger charge is -2.11. The van der Waals surface area contributed by atoms with Crippen LogP contribution >= 0.6 is 0 Å². The summed E-state index contributed by atoms with van der Waals surface area (Å²) in [4.78, 5) is 30.2. The van der Waals surface area contributed by atoms with E-state index in [2.05, 4.69) is 10.3 Å². The Balaban J connectivity index is 1.31. The molecule has 0 aliphatic carbocycles. The first kappa shape index (κ1) is 23.8. The van der Waals surface area contributed by atoms with Crippen LogP contribution in [0.2, 0.25) is 0 Å². The van der Waals surface area contributed by atoms with Gasteiger partial charge in [0.1, 0.15) is 18.2 Å². The first-order chi connectivity index (χ1) is 18.1. The Kier molecular flexibility index (Phi) is 6.90. The molecule has 6 nitrogen and oxygen atoms in total. The van der Waals surface area contributed by atoms with Crippen molar-refractivity contribution >= 4 is 28.6 Å². The highest BCUT2D eigenvalue weighted by Crippen LogP contribution is 2.27. The fourth-order valence-corrected chi connectivity index (χ4v) is 4.02. The number of ether oxygens (including phenoxy) is 2. The number of hydrogen-bond acceptors (Lipinski definition) is 5. The quantitative estimate of drug-likeness (QED) is 0.264. The van der Waals surface area contributed by atoms with Crippen molar-refractivity contribution in [1.29, 1.82) is 0 Å². The van der Waals surface area contributed by atoms with E-state index in [0.29, 0.717) is 22.5 Å². The zero-order valence-electron chi connectivity index (χ0n) is 20.2. The van der Waals surface area contributed by atoms with Gasteiger partial charge >= 0.3 is 5.97 Å². The number of benzene rings is 4. The number of carbonyl (C=O) groups is 2. The molecule has 5 aromatic rings. The third-order valence-corrected chi connectivity index (χ3v) is 5.95. The number of rotatable bonds is 7. The molecule has 37 heavy (non-hydrogen) atoms. The molecule has 1 heterocycles. The molecule has 4 aromatic carbocycles. The maximum absolute atomic E-state index is 13.2. The predicted molar refractivity (Wildman–Crippen MR) is 144 cm³/mol.